The van der Waals surface area contributed by atoms with Crippen LogP contribution in [0.15, 0.2) is 48.5 Å². The van der Waals surface area contributed by atoms with E-state index in [-0.39, 0.29) is 18.5 Å². The van der Waals surface area contributed by atoms with Gasteiger partial charge in [-0.1, -0.05) is 50.2 Å². The average Bonchev–Trinajstić information content (AvgIpc) is 2.74. The van der Waals surface area contributed by atoms with Crippen LogP contribution >= 0.6 is 0 Å². The normalized spacial score (nSPS) is 14.1. The van der Waals surface area contributed by atoms with Gasteiger partial charge >= 0.3 is 6.03 Å². The minimum atomic E-state index is -0.350. The number of hydrogen-bond donors (Lipinski definition) is 2. The lowest BCUT2D eigenvalue weighted by molar-refractivity contribution is -0.130. The molecule has 2 N–H and O–H groups in total. The minimum Gasteiger partial charge on any atom is -0.368 e. The zero-order valence-corrected chi connectivity index (χ0v) is 17.4. The van der Waals surface area contributed by atoms with Gasteiger partial charge in [-0.3, -0.25) is 4.79 Å². The number of rotatable bonds is 5. The van der Waals surface area contributed by atoms with Crippen molar-refractivity contribution in [3.05, 3.63) is 59.7 Å². The molecular formula is C23H30N4O2. The van der Waals surface area contributed by atoms with Crippen LogP contribution in [0.25, 0.3) is 0 Å². The van der Waals surface area contributed by atoms with Gasteiger partial charge in [-0.05, 0) is 36.1 Å². The highest BCUT2D eigenvalue weighted by Crippen LogP contribution is 2.27. The number of aryl methyl sites for hydroxylation is 1. The van der Waals surface area contributed by atoms with Crippen LogP contribution in [0.1, 0.15) is 30.9 Å². The highest BCUT2D eigenvalue weighted by Gasteiger charge is 2.21. The quantitative estimate of drug-likeness (QED) is 0.815. The molecule has 3 rings (SSSR count). The highest BCUT2D eigenvalue weighted by molar-refractivity contribution is 5.93. The van der Waals surface area contributed by atoms with Crippen LogP contribution < -0.4 is 15.5 Å². The molecule has 2 aromatic carbocycles. The zero-order chi connectivity index (χ0) is 20.8. The number of para-hydroxylation sites is 2. The van der Waals surface area contributed by atoms with Crippen molar-refractivity contribution in [3.63, 3.8) is 0 Å². The molecular weight excluding hydrogens is 364 g/mol. The Labute approximate surface area is 172 Å². The first kappa shape index (κ1) is 20.7. The Morgan fingerprint density at radius 2 is 1.66 bits per heavy atom. The fourth-order valence-electron chi connectivity index (χ4n) is 3.62. The third-order valence-corrected chi connectivity index (χ3v) is 5.32. The maximum absolute atomic E-state index is 12.5. The van der Waals surface area contributed by atoms with Gasteiger partial charge in [-0.2, -0.15) is 0 Å². The van der Waals surface area contributed by atoms with E-state index >= 15 is 0 Å². The van der Waals surface area contributed by atoms with Crippen LogP contribution in [0.3, 0.4) is 0 Å². The standard InChI is InChI=1S/C23H30N4O2/c1-17(2)20-11-7-8-18(3)22(20)25-23(29)24-16-21(28)27-14-12-26(13-15-27)19-9-5-4-6-10-19/h4-11,17H,12-16H2,1-3H3,(H2,24,25,29). The van der Waals surface area contributed by atoms with E-state index < -0.39 is 0 Å². The van der Waals surface area contributed by atoms with Crippen LogP contribution in [-0.4, -0.2) is 49.6 Å². The first-order valence-corrected chi connectivity index (χ1v) is 10.2. The second-order valence-corrected chi connectivity index (χ2v) is 7.70. The van der Waals surface area contributed by atoms with E-state index in [1.807, 2.05) is 48.2 Å². The highest BCUT2D eigenvalue weighted by atomic mass is 16.2. The van der Waals surface area contributed by atoms with E-state index in [4.69, 9.17) is 0 Å². The van der Waals surface area contributed by atoms with Crippen LogP contribution in [-0.2, 0) is 4.79 Å². The van der Waals surface area contributed by atoms with E-state index in [1.54, 1.807) is 0 Å². The predicted molar refractivity (Wildman–Crippen MR) is 118 cm³/mol. The number of nitrogens with one attached hydrogen (secondary N) is 2. The van der Waals surface area contributed by atoms with Gasteiger partial charge < -0.3 is 20.4 Å². The summed E-state index contributed by atoms with van der Waals surface area (Å²) in [6.45, 7) is 9.07. The molecule has 29 heavy (non-hydrogen) atoms. The van der Waals surface area contributed by atoms with Crippen LogP contribution in [0, 0.1) is 6.92 Å². The summed E-state index contributed by atoms with van der Waals surface area (Å²) < 4.78 is 0. The van der Waals surface area contributed by atoms with Gasteiger partial charge in [-0.25, -0.2) is 4.79 Å². The molecule has 1 saturated heterocycles. The molecule has 154 valence electrons. The Bertz CT molecular complexity index is 843. The lowest BCUT2D eigenvalue weighted by Gasteiger charge is -2.36. The maximum atomic E-state index is 12.5. The Hall–Kier alpha value is -3.02. The molecule has 0 unspecified atom stereocenters. The number of amides is 3. The van der Waals surface area contributed by atoms with E-state index in [2.05, 4.69) is 41.5 Å². The smallest absolute Gasteiger partial charge is 0.319 e. The van der Waals surface area contributed by atoms with Crippen LogP contribution in [0.4, 0.5) is 16.2 Å². The number of carbonyl (C=O) groups is 2. The molecule has 0 bridgehead atoms. The Morgan fingerprint density at radius 3 is 2.31 bits per heavy atom. The number of hydrogen-bond acceptors (Lipinski definition) is 3. The fraction of sp³-hybridized carbons (Fsp3) is 0.391. The van der Waals surface area contributed by atoms with Gasteiger partial charge in [0.25, 0.3) is 0 Å². The van der Waals surface area contributed by atoms with Gasteiger partial charge in [0.15, 0.2) is 0 Å². The second kappa shape index (κ2) is 9.45. The third-order valence-electron chi connectivity index (χ3n) is 5.32. The largest absolute Gasteiger partial charge is 0.368 e. The Balaban J connectivity index is 1.48. The summed E-state index contributed by atoms with van der Waals surface area (Å²) in [5.41, 5.74) is 4.10. The van der Waals surface area contributed by atoms with Crippen LogP contribution in [0.2, 0.25) is 0 Å². The molecule has 6 nitrogen and oxygen atoms in total. The summed E-state index contributed by atoms with van der Waals surface area (Å²) >= 11 is 0. The number of anilines is 2. The molecule has 6 heteroatoms. The monoisotopic (exact) mass is 394 g/mol. The van der Waals surface area contributed by atoms with E-state index in [0.29, 0.717) is 19.0 Å². The molecule has 1 aliphatic heterocycles. The van der Waals surface area contributed by atoms with Crippen molar-refractivity contribution in [2.45, 2.75) is 26.7 Å². The van der Waals surface area contributed by atoms with Crippen molar-refractivity contribution in [1.29, 1.82) is 0 Å². The van der Waals surface area contributed by atoms with Crippen molar-refractivity contribution in [2.75, 3.05) is 42.9 Å². The summed E-state index contributed by atoms with van der Waals surface area (Å²) in [6, 6.07) is 15.8. The van der Waals surface area contributed by atoms with Gasteiger partial charge in [-0.15, -0.1) is 0 Å². The summed E-state index contributed by atoms with van der Waals surface area (Å²) in [4.78, 5) is 29.0. The predicted octanol–water partition coefficient (Wildman–Crippen LogP) is 3.59. The SMILES string of the molecule is Cc1cccc(C(C)C)c1NC(=O)NCC(=O)N1CCN(c2ccccc2)CC1. The molecule has 1 fully saturated rings. The fourth-order valence-corrected chi connectivity index (χ4v) is 3.62. The van der Waals surface area contributed by atoms with Crippen molar-refractivity contribution < 1.29 is 9.59 Å². The molecule has 0 saturated carbocycles. The molecule has 0 radical (unpaired) electrons. The van der Waals surface area contributed by atoms with Crippen LogP contribution in [0.5, 0.6) is 0 Å². The van der Waals surface area contributed by atoms with Gasteiger partial charge in [0.2, 0.25) is 5.91 Å². The second-order valence-electron chi connectivity index (χ2n) is 7.70. The van der Waals surface area contributed by atoms with Crippen molar-refractivity contribution in [1.82, 2.24) is 10.2 Å². The van der Waals surface area contributed by atoms with Gasteiger partial charge in [0, 0.05) is 37.6 Å². The zero-order valence-electron chi connectivity index (χ0n) is 17.4. The molecule has 0 aliphatic carbocycles. The van der Waals surface area contributed by atoms with Crippen molar-refractivity contribution in [2.24, 2.45) is 0 Å². The Kier molecular flexibility index (Phi) is 6.75. The summed E-state index contributed by atoms with van der Waals surface area (Å²) in [5.74, 6) is 0.245. The van der Waals surface area contributed by atoms with Crippen molar-refractivity contribution >= 4 is 23.3 Å². The number of benzene rings is 2. The van der Waals surface area contributed by atoms with Gasteiger partial charge in [0.05, 0.1) is 6.54 Å². The number of nitrogens with zero attached hydrogens (tertiary/aromatic N) is 2. The molecule has 3 amide bonds. The number of urea groups is 1. The summed E-state index contributed by atoms with van der Waals surface area (Å²) in [7, 11) is 0. The molecule has 0 aromatic heterocycles. The number of carbonyl (C=O) groups excluding carboxylic acids is 2. The minimum absolute atomic E-state index is 0.0000629. The molecule has 1 heterocycles. The molecule has 0 spiro atoms. The topological polar surface area (TPSA) is 64.7 Å². The lowest BCUT2D eigenvalue weighted by Crippen LogP contribution is -2.51. The molecule has 2 aromatic rings. The molecule has 1 aliphatic rings. The summed E-state index contributed by atoms with van der Waals surface area (Å²) in [5, 5.41) is 5.63. The lowest BCUT2D eigenvalue weighted by atomic mass is 9.98. The molecule has 0 atom stereocenters. The first-order chi connectivity index (χ1) is 14.0. The Morgan fingerprint density at radius 1 is 0.966 bits per heavy atom. The maximum Gasteiger partial charge on any atom is 0.319 e. The first-order valence-electron chi connectivity index (χ1n) is 10.2. The van der Waals surface area contributed by atoms with E-state index in [9.17, 15) is 9.59 Å². The number of piperazine rings is 1. The van der Waals surface area contributed by atoms with E-state index in [1.165, 1.54) is 5.69 Å². The average molecular weight is 395 g/mol. The van der Waals surface area contributed by atoms with E-state index in [0.717, 1.165) is 29.9 Å². The van der Waals surface area contributed by atoms with Crippen molar-refractivity contribution in [3.8, 4) is 0 Å². The third kappa shape index (κ3) is 5.28. The van der Waals surface area contributed by atoms with Gasteiger partial charge in [0.1, 0.15) is 0 Å². The summed E-state index contributed by atoms with van der Waals surface area (Å²) in [6.07, 6.45) is 0.